The number of rotatable bonds is 5. The first kappa shape index (κ1) is 17.8. The Morgan fingerprint density at radius 1 is 1.22 bits per heavy atom. The number of pyridine rings is 1. The average molecular weight is 395 g/mol. The van der Waals surface area contributed by atoms with Crippen molar-refractivity contribution in [3.63, 3.8) is 0 Å². The highest BCUT2D eigenvalue weighted by molar-refractivity contribution is 7.99. The van der Waals surface area contributed by atoms with E-state index in [0.717, 1.165) is 42.9 Å². The van der Waals surface area contributed by atoms with Gasteiger partial charge in [0.25, 0.3) is 0 Å². The highest BCUT2D eigenvalue weighted by Crippen LogP contribution is 2.54. The van der Waals surface area contributed by atoms with Crippen molar-refractivity contribution >= 4 is 45.0 Å². The molecule has 1 atom stereocenters. The van der Waals surface area contributed by atoms with Crippen molar-refractivity contribution < 1.29 is 8.42 Å². The standard InChI is InChI=1S/C15H20Cl2N2O2S2/c16-15(17)9-12(15)11-22-14-6-5-13(10-18-14)23(20,21)19-7-3-1-2-4-8-19/h5-6,10,12H,1-4,7-9,11H2/t12-/m0/s1. The molecule has 1 saturated carbocycles. The molecule has 0 amide bonds. The van der Waals surface area contributed by atoms with Crippen molar-refractivity contribution in [3.8, 4) is 0 Å². The molecule has 23 heavy (non-hydrogen) atoms. The molecule has 0 radical (unpaired) electrons. The zero-order valence-electron chi connectivity index (χ0n) is 12.7. The summed E-state index contributed by atoms with van der Waals surface area (Å²) in [6, 6.07) is 3.42. The lowest BCUT2D eigenvalue weighted by molar-refractivity contribution is 0.423. The third kappa shape index (κ3) is 4.34. The average Bonchev–Trinajstić information content (AvgIpc) is 3.22. The molecule has 1 aromatic rings. The van der Waals surface area contributed by atoms with Crippen LogP contribution in [0.5, 0.6) is 0 Å². The molecule has 0 bridgehead atoms. The third-order valence-electron chi connectivity index (χ3n) is 4.30. The molecule has 1 aliphatic carbocycles. The van der Waals surface area contributed by atoms with Crippen molar-refractivity contribution in [3.05, 3.63) is 18.3 Å². The van der Waals surface area contributed by atoms with Gasteiger partial charge in [-0.1, -0.05) is 12.8 Å². The summed E-state index contributed by atoms with van der Waals surface area (Å²) in [6.07, 6.45) is 6.34. The molecule has 1 saturated heterocycles. The van der Waals surface area contributed by atoms with Crippen molar-refractivity contribution in [1.29, 1.82) is 0 Å². The monoisotopic (exact) mass is 394 g/mol. The lowest BCUT2D eigenvalue weighted by Crippen LogP contribution is -2.32. The minimum atomic E-state index is -3.42. The second-order valence-corrected chi connectivity index (χ2v) is 10.6. The maximum absolute atomic E-state index is 12.7. The van der Waals surface area contributed by atoms with Gasteiger partial charge < -0.3 is 0 Å². The summed E-state index contributed by atoms with van der Waals surface area (Å²) in [7, 11) is -3.42. The van der Waals surface area contributed by atoms with E-state index in [1.807, 2.05) is 0 Å². The molecule has 4 nitrogen and oxygen atoms in total. The van der Waals surface area contributed by atoms with Gasteiger partial charge in [0.05, 0.1) is 5.03 Å². The van der Waals surface area contributed by atoms with Crippen LogP contribution in [-0.2, 0) is 10.0 Å². The maximum atomic E-state index is 12.7. The van der Waals surface area contributed by atoms with Crippen molar-refractivity contribution in [2.24, 2.45) is 5.92 Å². The lowest BCUT2D eigenvalue weighted by atomic mass is 10.2. The summed E-state index contributed by atoms with van der Waals surface area (Å²) >= 11 is 13.6. The van der Waals surface area contributed by atoms with Crippen LogP contribution in [0.4, 0.5) is 0 Å². The van der Waals surface area contributed by atoms with Gasteiger partial charge in [0, 0.05) is 31.0 Å². The van der Waals surface area contributed by atoms with E-state index < -0.39 is 14.4 Å². The Hall–Kier alpha value is -0.0100. The van der Waals surface area contributed by atoms with Crippen LogP contribution >= 0.6 is 35.0 Å². The molecular weight excluding hydrogens is 375 g/mol. The fourth-order valence-electron chi connectivity index (χ4n) is 2.67. The van der Waals surface area contributed by atoms with Gasteiger partial charge in [0.2, 0.25) is 10.0 Å². The number of alkyl halides is 2. The van der Waals surface area contributed by atoms with Crippen LogP contribution in [-0.4, -0.2) is 40.9 Å². The zero-order chi connectivity index (χ0) is 16.5. The molecule has 0 N–H and O–H groups in total. The van der Waals surface area contributed by atoms with E-state index in [2.05, 4.69) is 4.98 Å². The Balaban J connectivity index is 1.63. The van der Waals surface area contributed by atoms with Gasteiger partial charge in [-0.15, -0.1) is 35.0 Å². The molecule has 0 spiro atoms. The van der Waals surface area contributed by atoms with Gasteiger partial charge >= 0.3 is 0 Å². The predicted octanol–water partition coefficient (Wildman–Crippen LogP) is 3.93. The van der Waals surface area contributed by atoms with Gasteiger partial charge in [0.1, 0.15) is 9.23 Å². The quantitative estimate of drug-likeness (QED) is 0.560. The normalized spacial score (nSPS) is 25.0. The maximum Gasteiger partial charge on any atom is 0.244 e. The number of hydrogen-bond acceptors (Lipinski definition) is 4. The number of thioether (sulfide) groups is 1. The Labute approximate surface area is 152 Å². The largest absolute Gasteiger partial charge is 0.249 e. The number of sulfonamides is 1. The lowest BCUT2D eigenvalue weighted by Gasteiger charge is -2.19. The number of hydrogen-bond donors (Lipinski definition) is 0. The molecule has 8 heteroatoms. The molecule has 2 aliphatic rings. The van der Waals surface area contributed by atoms with Crippen molar-refractivity contribution in [1.82, 2.24) is 9.29 Å². The van der Waals surface area contributed by atoms with Gasteiger partial charge in [-0.05, 0) is 31.4 Å². The highest BCUT2D eigenvalue weighted by atomic mass is 35.5. The van der Waals surface area contributed by atoms with E-state index in [0.29, 0.717) is 13.1 Å². The second kappa shape index (κ2) is 7.08. The molecule has 0 unspecified atom stereocenters. The van der Waals surface area contributed by atoms with Crippen LogP contribution in [0.25, 0.3) is 0 Å². The van der Waals surface area contributed by atoms with Gasteiger partial charge in [0.15, 0.2) is 0 Å². The summed E-state index contributed by atoms with van der Waals surface area (Å²) in [4.78, 5) is 4.56. The third-order valence-corrected chi connectivity index (χ3v) is 8.21. The van der Waals surface area contributed by atoms with Crippen LogP contribution < -0.4 is 0 Å². The first-order valence-electron chi connectivity index (χ1n) is 7.86. The zero-order valence-corrected chi connectivity index (χ0v) is 15.9. The van der Waals surface area contributed by atoms with E-state index in [-0.39, 0.29) is 10.8 Å². The summed E-state index contributed by atoms with van der Waals surface area (Å²) in [5, 5.41) is 0.802. The van der Waals surface area contributed by atoms with Gasteiger partial charge in [-0.2, -0.15) is 4.31 Å². The fraction of sp³-hybridized carbons (Fsp3) is 0.667. The molecule has 2 fully saturated rings. The first-order valence-corrected chi connectivity index (χ1v) is 11.0. The van der Waals surface area contributed by atoms with Gasteiger partial charge in [-0.3, -0.25) is 0 Å². The Morgan fingerprint density at radius 3 is 2.39 bits per heavy atom. The Morgan fingerprint density at radius 2 is 1.87 bits per heavy atom. The van der Waals surface area contributed by atoms with Crippen molar-refractivity contribution in [2.45, 2.75) is 46.4 Å². The van der Waals surface area contributed by atoms with Crippen LogP contribution in [0.2, 0.25) is 0 Å². The van der Waals surface area contributed by atoms with Crippen LogP contribution in [0, 0.1) is 5.92 Å². The van der Waals surface area contributed by atoms with Gasteiger partial charge in [-0.25, -0.2) is 13.4 Å². The summed E-state index contributed by atoms with van der Waals surface area (Å²) in [5.74, 6) is 1.09. The van der Waals surface area contributed by atoms with E-state index in [4.69, 9.17) is 23.2 Å². The Kier molecular flexibility index (Phi) is 5.48. The van der Waals surface area contributed by atoms with Crippen molar-refractivity contribution in [2.75, 3.05) is 18.8 Å². The molecule has 0 aromatic carbocycles. The van der Waals surface area contributed by atoms with E-state index in [1.54, 1.807) is 28.2 Å². The molecule has 3 rings (SSSR count). The first-order chi connectivity index (χ1) is 10.9. The molecule has 128 valence electrons. The van der Waals surface area contributed by atoms with Crippen LogP contribution in [0.15, 0.2) is 28.3 Å². The second-order valence-electron chi connectivity index (χ2n) is 6.12. The molecule has 1 aromatic heterocycles. The summed E-state index contributed by atoms with van der Waals surface area (Å²) in [5.41, 5.74) is 0. The number of aromatic nitrogens is 1. The van der Waals surface area contributed by atoms with E-state index in [9.17, 15) is 8.42 Å². The number of halogens is 2. The summed E-state index contributed by atoms with van der Waals surface area (Å²) < 4.78 is 26.3. The highest BCUT2D eigenvalue weighted by Gasteiger charge is 2.51. The smallest absolute Gasteiger partial charge is 0.244 e. The van der Waals surface area contributed by atoms with E-state index >= 15 is 0 Å². The Bertz CT molecular complexity index is 642. The summed E-state index contributed by atoms with van der Waals surface area (Å²) in [6.45, 7) is 1.21. The van der Waals surface area contributed by atoms with Crippen LogP contribution in [0.1, 0.15) is 32.1 Å². The fourth-order valence-corrected chi connectivity index (χ4v) is 5.91. The molecule has 2 heterocycles. The molecular formula is C15H20Cl2N2O2S2. The minimum absolute atomic E-state index is 0.277. The minimum Gasteiger partial charge on any atom is -0.249 e. The predicted molar refractivity (Wildman–Crippen MR) is 94.7 cm³/mol. The van der Waals surface area contributed by atoms with E-state index in [1.165, 1.54) is 6.20 Å². The topological polar surface area (TPSA) is 50.3 Å². The number of nitrogens with zero attached hydrogens (tertiary/aromatic N) is 2. The SMILES string of the molecule is O=S(=O)(c1ccc(SC[C@@H]2CC2(Cl)Cl)nc1)N1CCCCCC1. The van der Waals surface area contributed by atoms with Crippen LogP contribution in [0.3, 0.4) is 0 Å². The molecule has 1 aliphatic heterocycles.